The van der Waals surface area contributed by atoms with Crippen LogP contribution in [0.3, 0.4) is 0 Å². The quantitative estimate of drug-likeness (QED) is 0.817. The Bertz CT molecular complexity index is 413. The van der Waals surface area contributed by atoms with Gasteiger partial charge in [-0.05, 0) is 17.7 Å². The molecule has 82 valence electrons. The molecular formula is C14H14FN. The smallest absolute Gasteiger partial charge is 0.114 e. The van der Waals surface area contributed by atoms with Crippen LogP contribution >= 0.6 is 0 Å². The molecule has 1 unspecified atom stereocenters. The molecule has 0 bridgehead atoms. The maximum atomic E-state index is 13.0. The summed E-state index contributed by atoms with van der Waals surface area (Å²) in [4.78, 5) is 0. The van der Waals surface area contributed by atoms with Crippen LogP contribution in [0.15, 0.2) is 60.7 Å². The third kappa shape index (κ3) is 2.60. The van der Waals surface area contributed by atoms with Crippen molar-refractivity contribution >= 4 is 5.69 Å². The Morgan fingerprint density at radius 3 is 2.00 bits per heavy atom. The van der Waals surface area contributed by atoms with E-state index in [-0.39, 0.29) is 6.04 Å². The number of hydrogen-bond donors (Lipinski definition) is 1. The lowest BCUT2D eigenvalue weighted by Crippen LogP contribution is -2.12. The van der Waals surface area contributed by atoms with Crippen LogP contribution in [0, 0.1) is 0 Å². The third-order valence-corrected chi connectivity index (χ3v) is 2.47. The van der Waals surface area contributed by atoms with Crippen LogP contribution in [0.4, 0.5) is 10.1 Å². The van der Waals surface area contributed by atoms with Gasteiger partial charge in [0, 0.05) is 5.69 Å². The molecule has 2 heteroatoms. The summed E-state index contributed by atoms with van der Waals surface area (Å²) in [6, 6.07) is 19.0. The highest BCUT2D eigenvalue weighted by atomic mass is 19.1. The first-order valence-corrected chi connectivity index (χ1v) is 5.32. The molecule has 2 aromatic rings. The monoisotopic (exact) mass is 215 g/mol. The highest BCUT2D eigenvalue weighted by Gasteiger charge is 2.09. The van der Waals surface area contributed by atoms with Crippen molar-refractivity contribution in [3.63, 3.8) is 0 Å². The molecule has 0 saturated carbocycles. The Morgan fingerprint density at radius 1 is 0.875 bits per heavy atom. The first-order chi connectivity index (χ1) is 7.90. The molecule has 0 saturated heterocycles. The van der Waals surface area contributed by atoms with Crippen LogP contribution in [-0.2, 0) is 0 Å². The average molecular weight is 215 g/mol. The predicted molar refractivity (Wildman–Crippen MR) is 65.2 cm³/mol. The van der Waals surface area contributed by atoms with Gasteiger partial charge in [0.1, 0.15) is 6.67 Å². The molecule has 16 heavy (non-hydrogen) atoms. The van der Waals surface area contributed by atoms with Crippen molar-refractivity contribution in [1.29, 1.82) is 0 Å². The van der Waals surface area contributed by atoms with Gasteiger partial charge in [0.15, 0.2) is 0 Å². The van der Waals surface area contributed by atoms with Gasteiger partial charge >= 0.3 is 0 Å². The Hall–Kier alpha value is -1.83. The van der Waals surface area contributed by atoms with E-state index in [1.54, 1.807) is 0 Å². The van der Waals surface area contributed by atoms with Gasteiger partial charge in [0.2, 0.25) is 0 Å². The molecule has 1 atom stereocenters. The van der Waals surface area contributed by atoms with Crippen LogP contribution in [0.5, 0.6) is 0 Å². The SMILES string of the molecule is FCC(Nc1ccccc1)c1ccccc1. The second-order valence-electron chi connectivity index (χ2n) is 3.63. The largest absolute Gasteiger partial charge is 0.376 e. The van der Waals surface area contributed by atoms with Crippen molar-refractivity contribution in [3.05, 3.63) is 66.2 Å². The van der Waals surface area contributed by atoms with Gasteiger partial charge in [0.05, 0.1) is 6.04 Å². The van der Waals surface area contributed by atoms with Crippen molar-refractivity contribution in [1.82, 2.24) is 0 Å². The van der Waals surface area contributed by atoms with Gasteiger partial charge in [0.25, 0.3) is 0 Å². The summed E-state index contributed by atoms with van der Waals surface area (Å²) in [6.07, 6.45) is 0. The second-order valence-corrected chi connectivity index (χ2v) is 3.63. The standard InChI is InChI=1S/C14H14FN/c15-11-14(12-7-3-1-4-8-12)16-13-9-5-2-6-10-13/h1-10,14,16H,11H2. The summed E-state index contributed by atoms with van der Waals surface area (Å²) < 4.78 is 13.0. The molecule has 0 radical (unpaired) electrons. The number of nitrogens with one attached hydrogen (secondary N) is 1. The fourth-order valence-corrected chi connectivity index (χ4v) is 1.63. The fraction of sp³-hybridized carbons (Fsp3) is 0.143. The maximum Gasteiger partial charge on any atom is 0.114 e. The van der Waals surface area contributed by atoms with Crippen LogP contribution in [0.1, 0.15) is 11.6 Å². The number of para-hydroxylation sites is 1. The van der Waals surface area contributed by atoms with Gasteiger partial charge in [-0.15, -0.1) is 0 Å². The van der Waals surface area contributed by atoms with Crippen molar-refractivity contribution in [2.75, 3.05) is 12.0 Å². The summed E-state index contributed by atoms with van der Waals surface area (Å²) in [5, 5.41) is 3.17. The van der Waals surface area contributed by atoms with Crippen LogP contribution < -0.4 is 5.32 Å². The molecule has 0 aliphatic heterocycles. The molecule has 0 aliphatic carbocycles. The van der Waals surface area contributed by atoms with E-state index in [2.05, 4.69) is 5.32 Å². The van der Waals surface area contributed by atoms with Gasteiger partial charge in [-0.3, -0.25) is 0 Å². The van der Waals surface area contributed by atoms with Gasteiger partial charge in [-0.1, -0.05) is 48.5 Å². The number of rotatable bonds is 4. The highest BCUT2D eigenvalue weighted by Crippen LogP contribution is 2.19. The summed E-state index contributed by atoms with van der Waals surface area (Å²) in [6.45, 7) is -0.418. The minimum atomic E-state index is -0.418. The van der Waals surface area contributed by atoms with Gasteiger partial charge in [-0.2, -0.15) is 0 Å². The molecule has 0 amide bonds. The Kier molecular flexibility index (Phi) is 3.54. The zero-order valence-corrected chi connectivity index (χ0v) is 8.94. The molecule has 1 nitrogen and oxygen atoms in total. The zero-order valence-electron chi connectivity index (χ0n) is 8.94. The predicted octanol–water partition coefficient (Wildman–Crippen LogP) is 3.81. The second kappa shape index (κ2) is 5.31. The first-order valence-electron chi connectivity index (χ1n) is 5.32. The Labute approximate surface area is 94.9 Å². The van der Waals surface area contributed by atoms with E-state index >= 15 is 0 Å². The van der Waals surface area contributed by atoms with Crippen LogP contribution in [0.25, 0.3) is 0 Å². The molecule has 0 heterocycles. The number of alkyl halides is 1. The zero-order chi connectivity index (χ0) is 11.2. The number of hydrogen-bond acceptors (Lipinski definition) is 1. The Balaban J connectivity index is 2.13. The van der Waals surface area contributed by atoms with E-state index in [9.17, 15) is 4.39 Å². The Morgan fingerprint density at radius 2 is 1.44 bits per heavy atom. The summed E-state index contributed by atoms with van der Waals surface area (Å²) in [5.74, 6) is 0. The lowest BCUT2D eigenvalue weighted by molar-refractivity contribution is 0.453. The van der Waals surface area contributed by atoms with Gasteiger partial charge in [-0.25, -0.2) is 4.39 Å². The van der Waals surface area contributed by atoms with Gasteiger partial charge < -0.3 is 5.32 Å². The molecule has 2 aromatic carbocycles. The normalized spacial score (nSPS) is 12.1. The molecule has 2 rings (SSSR count). The van der Waals surface area contributed by atoms with E-state index in [4.69, 9.17) is 0 Å². The molecule has 1 N–H and O–H groups in total. The molecule has 0 spiro atoms. The van der Waals surface area contributed by atoms with Crippen LogP contribution in [-0.4, -0.2) is 6.67 Å². The minimum Gasteiger partial charge on any atom is -0.376 e. The van der Waals surface area contributed by atoms with E-state index in [0.29, 0.717) is 0 Å². The van der Waals surface area contributed by atoms with E-state index < -0.39 is 6.67 Å². The van der Waals surface area contributed by atoms with E-state index in [1.807, 2.05) is 60.7 Å². The number of benzene rings is 2. The van der Waals surface area contributed by atoms with E-state index in [0.717, 1.165) is 11.3 Å². The lowest BCUT2D eigenvalue weighted by atomic mass is 10.1. The summed E-state index contributed by atoms with van der Waals surface area (Å²) in [7, 11) is 0. The number of halogens is 1. The minimum absolute atomic E-state index is 0.274. The topological polar surface area (TPSA) is 12.0 Å². The summed E-state index contributed by atoms with van der Waals surface area (Å²) >= 11 is 0. The van der Waals surface area contributed by atoms with Crippen molar-refractivity contribution < 1.29 is 4.39 Å². The average Bonchev–Trinajstić information content (AvgIpc) is 2.38. The van der Waals surface area contributed by atoms with Crippen LogP contribution in [0.2, 0.25) is 0 Å². The summed E-state index contributed by atoms with van der Waals surface area (Å²) in [5.41, 5.74) is 1.91. The molecule has 0 aliphatic rings. The van der Waals surface area contributed by atoms with Crippen molar-refractivity contribution in [2.24, 2.45) is 0 Å². The van der Waals surface area contributed by atoms with E-state index in [1.165, 1.54) is 0 Å². The maximum absolute atomic E-state index is 13.0. The lowest BCUT2D eigenvalue weighted by Gasteiger charge is -2.16. The number of anilines is 1. The van der Waals surface area contributed by atoms with Crippen molar-refractivity contribution in [3.8, 4) is 0 Å². The highest BCUT2D eigenvalue weighted by molar-refractivity contribution is 5.45. The molecule has 0 aromatic heterocycles. The van der Waals surface area contributed by atoms with Crippen molar-refractivity contribution in [2.45, 2.75) is 6.04 Å². The molecular weight excluding hydrogens is 201 g/mol. The molecule has 0 fully saturated rings. The third-order valence-electron chi connectivity index (χ3n) is 2.47. The first kappa shape index (κ1) is 10.7. The fourth-order valence-electron chi connectivity index (χ4n) is 1.63.